The maximum atomic E-state index is 9.95. The zero-order valence-electron chi connectivity index (χ0n) is 4.57. The van der Waals surface area contributed by atoms with E-state index in [1.165, 1.54) is 0 Å². The van der Waals surface area contributed by atoms with Crippen LogP contribution in [0.4, 0.5) is 0 Å². The van der Waals surface area contributed by atoms with Crippen LogP contribution in [0, 0.1) is 5.53 Å². The van der Waals surface area contributed by atoms with E-state index in [1.807, 2.05) is 0 Å². The van der Waals surface area contributed by atoms with Crippen molar-refractivity contribution in [2.45, 2.75) is 12.5 Å². The highest BCUT2D eigenvalue weighted by Crippen LogP contribution is 1.93. The molecule has 0 radical (unpaired) electrons. The highest BCUT2D eigenvalue weighted by molar-refractivity contribution is 5.76. The fraction of sp³-hybridized carbons (Fsp3) is 0.500. The van der Waals surface area contributed by atoms with Crippen molar-refractivity contribution in [3.05, 3.63) is 0 Å². The summed E-state index contributed by atoms with van der Waals surface area (Å²) in [6.45, 7) is 0. The molecule has 0 saturated heterocycles. The lowest BCUT2D eigenvalue weighted by atomic mass is 10.2. The Morgan fingerprint density at radius 3 is 2.56 bits per heavy atom. The third kappa shape index (κ3) is 2.53. The minimum Gasteiger partial charge on any atom is -0.480 e. The number of carbonyl (C=O) groups excluding carboxylic acids is 1. The first-order valence-electron chi connectivity index (χ1n) is 2.25. The second kappa shape index (κ2) is 3.71. The summed E-state index contributed by atoms with van der Waals surface area (Å²) in [5.74, 6) is -1.24. The monoisotopic (exact) mass is 130 g/mol. The van der Waals surface area contributed by atoms with E-state index < -0.39 is 12.0 Å². The van der Waals surface area contributed by atoms with Crippen LogP contribution in [-0.2, 0) is 9.59 Å². The predicted molar refractivity (Wildman–Crippen MR) is 27.3 cm³/mol. The Hall–Kier alpha value is -1.26. The number of carbonyl (C=O) groups is 2. The summed E-state index contributed by atoms with van der Waals surface area (Å²) in [6, 6.07) is -1.19. The van der Waals surface area contributed by atoms with Crippen molar-refractivity contribution >= 4 is 12.3 Å². The van der Waals surface area contributed by atoms with Crippen LogP contribution < -0.4 is 0 Å². The summed E-state index contributed by atoms with van der Waals surface area (Å²) < 4.78 is 0. The van der Waals surface area contributed by atoms with Crippen LogP contribution >= 0.6 is 0 Å². The topological polar surface area (TPSA) is 90.6 Å². The SMILES string of the molecule is N=NC(CC=O)C(=O)O. The van der Waals surface area contributed by atoms with Gasteiger partial charge in [-0.15, -0.1) is 0 Å². The molecule has 2 N–H and O–H groups in total. The Kier molecular flexibility index (Phi) is 3.19. The van der Waals surface area contributed by atoms with Crippen LogP contribution in [0.5, 0.6) is 0 Å². The fourth-order valence-electron chi connectivity index (χ4n) is 0.300. The van der Waals surface area contributed by atoms with Crippen LogP contribution in [0.3, 0.4) is 0 Å². The highest BCUT2D eigenvalue weighted by atomic mass is 16.4. The lowest BCUT2D eigenvalue weighted by Crippen LogP contribution is -2.17. The largest absolute Gasteiger partial charge is 0.480 e. The van der Waals surface area contributed by atoms with Gasteiger partial charge >= 0.3 is 5.97 Å². The third-order valence-electron chi connectivity index (χ3n) is 0.760. The lowest BCUT2D eigenvalue weighted by Gasteiger charge is -1.96. The Bertz CT molecular complexity index is 134. The minimum absolute atomic E-state index is 0.223. The molecule has 5 heteroatoms. The van der Waals surface area contributed by atoms with Gasteiger partial charge in [0, 0.05) is 6.42 Å². The predicted octanol–water partition coefficient (Wildman–Crippen LogP) is 0.0596. The highest BCUT2D eigenvalue weighted by Gasteiger charge is 2.13. The molecule has 0 amide bonds. The number of hydrogen-bond donors (Lipinski definition) is 2. The van der Waals surface area contributed by atoms with E-state index >= 15 is 0 Å². The van der Waals surface area contributed by atoms with Crippen LogP contribution in [0.1, 0.15) is 6.42 Å². The van der Waals surface area contributed by atoms with E-state index in [1.54, 1.807) is 0 Å². The number of carboxylic acid groups (broad SMARTS) is 1. The van der Waals surface area contributed by atoms with Crippen molar-refractivity contribution in [1.82, 2.24) is 0 Å². The molecular formula is C4H6N2O3. The van der Waals surface area contributed by atoms with Gasteiger partial charge in [0.1, 0.15) is 6.29 Å². The van der Waals surface area contributed by atoms with E-state index in [-0.39, 0.29) is 6.42 Å². The van der Waals surface area contributed by atoms with Crippen molar-refractivity contribution in [3.8, 4) is 0 Å². The number of aldehydes is 1. The molecule has 0 aliphatic carbocycles. The Morgan fingerprint density at radius 2 is 2.44 bits per heavy atom. The fourth-order valence-corrected chi connectivity index (χ4v) is 0.300. The van der Waals surface area contributed by atoms with Gasteiger partial charge in [-0.25, -0.2) is 10.3 Å². The van der Waals surface area contributed by atoms with Gasteiger partial charge in [0.25, 0.3) is 0 Å². The first-order chi connectivity index (χ1) is 4.22. The summed E-state index contributed by atoms with van der Waals surface area (Å²) in [5.41, 5.74) is 6.28. The zero-order valence-corrected chi connectivity index (χ0v) is 4.57. The smallest absolute Gasteiger partial charge is 0.330 e. The van der Waals surface area contributed by atoms with Crippen molar-refractivity contribution in [3.63, 3.8) is 0 Å². The van der Waals surface area contributed by atoms with Gasteiger partial charge in [0.2, 0.25) is 0 Å². The summed E-state index contributed by atoms with van der Waals surface area (Å²) in [6.07, 6.45) is 0.204. The average molecular weight is 130 g/mol. The molecule has 1 unspecified atom stereocenters. The molecule has 0 aliphatic rings. The van der Waals surface area contributed by atoms with Crippen molar-refractivity contribution in [2.75, 3.05) is 0 Å². The van der Waals surface area contributed by atoms with Gasteiger partial charge in [0.05, 0.1) is 0 Å². The summed E-state index contributed by atoms with van der Waals surface area (Å²) >= 11 is 0. The first kappa shape index (κ1) is 7.74. The Labute approximate surface area is 51.2 Å². The molecular weight excluding hydrogens is 124 g/mol. The van der Waals surface area contributed by atoms with Gasteiger partial charge < -0.3 is 9.90 Å². The standard InChI is InChI=1S/C4H6N2O3/c5-6-3(1-2-7)4(8)9/h2-3,5H,1H2,(H,8,9). The van der Waals surface area contributed by atoms with Gasteiger partial charge in [-0.2, -0.15) is 5.11 Å². The second-order valence-corrected chi connectivity index (χ2v) is 1.39. The van der Waals surface area contributed by atoms with Gasteiger partial charge in [-0.05, 0) is 0 Å². The van der Waals surface area contributed by atoms with Gasteiger partial charge in [-0.1, -0.05) is 0 Å². The molecule has 0 bridgehead atoms. The van der Waals surface area contributed by atoms with Gasteiger partial charge in [0.15, 0.2) is 6.04 Å². The molecule has 0 aliphatic heterocycles. The number of nitrogens with one attached hydrogen (secondary N) is 1. The Morgan fingerprint density at radius 1 is 1.89 bits per heavy atom. The van der Waals surface area contributed by atoms with E-state index in [0.29, 0.717) is 6.29 Å². The zero-order chi connectivity index (χ0) is 7.28. The third-order valence-corrected chi connectivity index (χ3v) is 0.760. The Balaban J connectivity index is 3.81. The first-order valence-corrected chi connectivity index (χ1v) is 2.25. The van der Waals surface area contributed by atoms with E-state index in [2.05, 4.69) is 5.11 Å². The molecule has 0 aromatic rings. The maximum absolute atomic E-state index is 9.95. The van der Waals surface area contributed by atoms with Gasteiger partial charge in [-0.3, -0.25) is 0 Å². The van der Waals surface area contributed by atoms with Crippen LogP contribution in [0.25, 0.3) is 0 Å². The molecule has 50 valence electrons. The number of carboxylic acids is 1. The molecule has 9 heavy (non-hydrogen) atoms. The van der Waals surface area contributed by atoms with Crippen molar-refractivity contribution in [1.29, 1.82) is 5.53 Å². The molecule has 0 saturated carbocycles. The summed E-state index contributed by atoms with van der Waals surface area (Å²) in [5, 5.41) is 10.8. The minimum atomic E-state index is -1.24. The lowest BCUT2D eigenvalue weighted by molar-refractivity contribution is -0.139. The quantitative estimate of drug-likeness (QED) is 0.416. The van der Waals surface area contributed by atoms with E-state index in [9.17, 15) is 9.59 Å². The summed E-state index contributed by atoms with van der Waals surface area (Å²) in [4.78, 5) is 19.6. The number of hydrogen-bond acceptors (Lipinski definition) is 4. The molecule has 5 nitrogen and oxygen atoms in total. The molecule has 0 aromatic carbocycles. The molecule has 0 heterocycles. The van der Waals surface area contributed by atoms with Crippen molar-refractivity contribution in [2.24, 2.45) is 5.11 Å². The maximum Gasteiger partial charge on any atom is 0.330 e. The summed E-state index contributed by atoms with van der Waals surface area (Å²) in [7, 11) is 0. The molecule has 0 fully saturated rings. The molecule has 0 spiro atoms. The second-order valence-electron chi connectivity index (χ2n) is 1.39. The number of rotatable bonds is 4. The number of nitrogens with zero attached hydrogens (tertiary/aromatic N) is 1. The van der Waals surface area contributed by atoms with E-state index in [4.69, 9.17) is 10.6 Å². The average Bonchev–Trinajstić information content (AvgIpc) is 1.82. The van der Waals surface area contributed by atoms with Crippen molar-refractivity contribution < 1.29 is 14.7 Å². The van der Waals surface area contributed by atoms with Crippen LogP contribution in [0.15, 0.2) is 5.11 Å². The van der Waals surface area contributed by atoms with Crippen LogP contribution in [-0.4, -0.2) is 23.4 Å². The molecule has 1 atom stereocenters. The van der Waals surface area contributed by atoms with E-state index in [0.717, 1.165) is 0 Å². The normalized spacial score (nSPS) is 12.0. The molecule has 0 aromatic heterocycles. The molecule has 0 rings (SSSR count). The number of aliphatic carboxylic acids is 1. The van der Waals surface area contributed by atoms with Crippen LogP contribution in [0.2, 0.25) is 0 Å².